The van der Waals surface area contributed by atoms with Crippen molar-refractivity contribution in [3.8, 4) is 0 Å². The Labute approximate surface area is 131 Å². The number of hydrogen-bond acceptors (Lipinski definition) is 4. The zero-order valence-corrected chi connectivity index (χ0v) is 14.0. The minimum atomic E-state index is 0.917. The van der Waals surface area contributed by atoms with Crippen LogP contribution in [0.2, 0.25) is 0 Å². The third-order valence-corrected chi connectivity index (χ3v) is 5.31. The number of likely N-dealkylation sites (tertiary alicyclic amines) is 1. The summed E-state index contributed by atoms with van der Waals surface area (Å²) in [6.07, 6.45) is 6.10. The zero-order chi connectivity index (χ0) is 14.7. The molecule has 0 aromatic carbocycles. The molecular weight excluding hydrogens is 280 g/mol. The molecule has 0 bridgehead atoms. The number of nitrogens with zero attached hydrogens (tertiary/aromatic N) is 3. The molecule has 116 valence electrons. The van der Waals surface area contributed by atoms with E-state index in [0.29, 0.717) is 0 Å². The highest BCUT2D eigenvalue weighted by atomic mass is 32.1. The van der Waals surface area contributed by atoms with E-state index in [9.17, 15) is 0 Å². The first-order chi connectivity index (χ1) is 10.2. The summed E-state index contributed by atoms with van der Waals surface area (Å²) in [7, 11) is 0. The van der Waals surface area contributed by atoms with Crippen molar-refractivity contribution in [2.24, 2.45) is 5.92 Å². The lowest BCUT2D eigenvalue weighted by Crippen LogP contribution is -2.34. The molecule has 0 unspecified atom stereocenters. The highest BCUT2D eigenvalue weighted by molar-refractivity contribution is 7.15. The van der Waals surface area contributed by atoms with Gasteiger partial charge in [-0.25, -0.2) is 4.98 Å². The topological polar surface area (TPSA) is 32.6 Å². The Morgan fingerprint density at radius 1 is 1.38 bits per heavy atom. The number of hydrogen-bond donors (Lipinski definition) is 1. The van der Waals surface area contributed by atoms with E-state index < -0.39 is 0 Å². The van der Waals surface area contributed by atoms with Crippen LogP contribution in [0.3, 0.4) is 0 Å². The third kappa shape index (κ3) is 3.65. The second-order valence-corrected chi connectivity index (χ2v) is 7.13. The molecule has 2 aromatic rings. The highest BCUT2D eigenvalue weighted by Crippen LogP contribution is 2.17. The van der Waals surface area contributed by atoms with Crippen LogP contribution in [0.5, 0.6) is 0 Å². The van der Waals surface area contributed by atoms with E-state index in [1.54, 1.807) is 11.3 Å². The van der Waals surface area contributed by atoms with Crippen molar-refractivity contribution in [2.75, 3.05) is 26.2 Å². The molecule has 1 aliphatic heterocycles. The van der Waals surface area contributed by atoms with Crippen molar-refractivity contribution in [3.05, 3.63) is 23.0 Å². The summed E-state index contributed by atoms with van der Waals surface area (Å²) >= 11 is 1.70. The molecule has 5 heteroatoms. The Balaban J connectivity index is 1.38. The van der Waals surface area contributed by atoms with Crippen LogP contribution in [0.1, 0.15) is 37.6 Å². The summed E-state index contributed by atoms with van der Waals surface area (Å²) in [5.74, 6) is 0.928. The first-order valence-corrected chi connectivity index (χ1v) is 8.96. The summed E-state index contributed by atoms with van der Waals surface area (Å²) < 4.78 is 2.21. The maximum atomic E-state index is 4.59. The Morgan fingerprint density at radius 2 is 2.19 bits per heavy atom. The largest absolute Gasteiger partial charge is 0.311 e. The van der Waals surface area contributed by atoms with Crippen LogP contribution in [-0.4, -0.2) is 40.5 Å². The SMILES string of the molecule is Cc1nc2sccn2c1CNCCCN1CCC(C)CC1. The van der Waals surface area contributed by atoms with Crippen LogP contribution < -0.4 is 5.32 Å². The Hall–Kier alpha value is -0.910. The molecule has 1 aliphatic rings. The van der Waals surface area contributed by atoms with Crippen LogP contribution in [-0.2, 0) is 6.54 Å². The van der Waals surface area contributed by atoms with Crippen LogP contribution in [0.4, 0.5) is 0 Å². The van der Waals surface area contributed by atoms with Gasteiger partial charge in [-0.2, -0.15) is 0 Å². The Bertz CT molecular complexity index is 566. The lowest BCUT2D eigenvalue weighted by atomic mass is 9.99. The van der Waals surface area contributed by atoms with E-state index in [2.05, 4.69) is 45.0 Å². The number of piperidine rings is 1. The number of rotatable bonds is 6. The van der Waals surface area contributed by atoms with E-state index >= 15 is 0 Å². The minimum Gasteiger partial charge on any atom is -0.311 e. The maximum Gasteiger partial charge on any atom is 0.194 e. The summed E-state index contributed by atoms with van der Waals surface area (Å²) in [6, 6.07) is 0. The van der Waals surface area contributed by atoms with Crippen molar-refractivity contribution in [1.82, 2.24) is 19.6 Å². The van der Waals surface area contributed by atoms with E-state index in [4.69, 9.17) is 0 Å². The molecule has 21 heavy (non-hydrogen) atoms. The zero-order valence-electron chi connectivity index (χ0n) is 13.1. The minimum absolute atomic E-state index is 0.917. The van der Waals surface area contributed by atoms with Crippen LogP contribution >= 0.6 is 11.3 Å². The van der Waals surface area contributed by atoms with Crippen LogP contribution in [0, 0.1) is 12.8 Å². The first-order valence-electron chi connectivity index (χ1n) is 8.08. The predicted octanol–water partition coefficient (Wildman–Crippen LogP) is 2.92. The summed E-state index contributed by atoms with van der Waals surface area (Å²) in [5, 5.41) is 5.68. The average Bonchev–Trinajstić information content (AvgIpc) is 3.02. The summed E-state index contributed by atoms with van der Waals surface area (Å²) in [4.78, 5) is 8.30. The molecule has 1 fully saturated rings. The Morgan fingerprint density at radius 3 is 3.00 bits per heavy atom. The summed E-state index contributed by atoms with van der Waals surface area (Å²) in [6.45, 7) is 10.3. The Kier molecular flexibility index (Phi) is 4.93. The van der Waals surface area contributed by atoms with Gasteiger partial charge >= 0.3 is 0 Å². The molecule has 0 atom stereocenters. The van der Waals surface area contributed by atoms with E-state index in [1.165, 1.54) is 44.6 Å². The van der Waals surface area contributed by atoms with Gasteiger partial charge in [0.2, 0.25) is 0 Å². The van der Waals surface area contributed by atoms with Gasteiger partial charge in [0.05, 0.1) is 11.4 Å². The predicted molar refractivity (Wildman–Crippen MR) is 89.0 cm³/mol. The molecule has 0 saturated carbocycles. The molecule has 3 heterocycles. The number of fused-ring (bicyclic) bond motifs is 1. The fraction of sp³-hybridized carbons (Fsp3) is 0.688. The highest BCUT2D eigenvalue weighted by Gasteiger charge is 2.14. The van der Waals surface area contributed by atoms with Crippen molar-refractivity contribution in [3.63, 3.8) is 0 Å². The maximum absolute atomic E-state index is 4.59. The van der Waals surface area contributed by atoms with Crippen LogP contribution in [0.25, 0.3) is 4.96 Å². The van der Waals surface area contributed by atoms with Gasteiger partial charge in [0.15, 0.2) is 4.96 Å². The lowest BCUT2D eigenvalue weighted by Gasteiger charge is -2.30. The fourth-order valence-electron chi connectivity index (χ4n) is 3.07. The van der Waals surface area contributed by atoms with Crippen LogP contribution in [0.15, 0.2) is 11.6 Å². The van der Waals surface area contributed by atoms with E-state index in [0.717, 1.165) is 29.7 Å². The lowest BCUT2D eigenvalue weighted by molar-refractivity contribution is 0.190. The van der Waals surface area contributed by atoms with Gasteiger partial charge in [0.1, 0.15) is 0 Å². The summed E-state index contributed by atoms with van der Waals surface area (Å²) in [5.41, 5.74) is 2.46. The van der Waals surface area contributed by atoms with E-state index in [1.807, 2.05) is 0 Å². The second-order valence-electron chi connectivity index (χ2n) is 6.25. The van der Waals surface area contributed by atoms with Gasteiger partial charge in [-0.05, 0) is 58.3 Å². The quantitative estimate of drug-likeness (QED) is 0.833. The second kappa shape index (κ2) is 6.90. The molecule has 3 rings (SSSR count). The monoisotopic (exact) mass is 306 g/mol. The first kappa shape index (κ1) is 15.0. The molecule has 2 aromatic heterocycles. The molecular formula is C16H26N4S. The fourth-order valence-corrected chi connectivity index (χ4v) is 3.85. The number of aromatic nitrogens is 2. The molecule has 0 amide bonds. The average molecular weight is 306 g/mol. The van der Waals surface area contributed by atoms with Crippen molar-refractivity contribution >= 4 is 16.3 Å². The number of imidazole rings is 1. The van der Waals surface area contributed by atoms with Gasteiger partial charge in [0.25, 0.3) is 0 Å². The molecule has 4 nitrogen and oxygen atoms in total. The standard InChI is InChI=1S/C16H26N4S/c1-13-4-8-19(9-5-13)7-3-6-17-12-15-14(2)18-16-20(15)10-11-21-16/h10-11,13,17H,3-9,12H2,1-2H3. The molecule has 1 saturated heterocycles. The van der Waals surface area contributed by atoms with Gasteiger partial charge in [-0.3, -0.25) is 4.40 Å². The van der Waals surface area contributed by atoms with Gasteiger partial charge in [-0.15, -0.1) is 11.3 Å². The molecule has 0 aliphatic carbocycles. The van der Waals surface area contributed by atoms with Gasteiger partial charge < -0.3 is 10.2 Å². The third-order valence-electron chi connectivity index (χ3n) is 4.56. The number of thiazole rings is 1. The van der Waals surface area contributed by atoms with E-state index in [-0.39, 0.29) is 0 Å². The number of aryl methyl sites for hydroxylation is 1. The van der Waals surface area contributed by atoms with Crippen molar-refractivity contribution in [1.29, 1.82) is 0 Å². The van der Waals surface area contributed by atoms with Gasteiger partial charge in [-0.1, -0.05) is 6.92 Å². The van der Waals surface area contributed by atoms with Crippen molar-refractivity contribution in [2.45, 2.75) is 39.7 Å². The molecule has 1 N–H and O–H groups in total. The van der Waals surface area contributed by atoms with Crippen molar-refractivity contribution < 1.29 is 0 Å². The van der Waals surface area contributed by atoms with Gasteiger partial charge in [0, 0.05) is 18.1 Å². The molecule has 0 radical (unpaired) electrons. The number of nitrogens with one attached hydrogen (secondary N) is 1. The molecule has 0 spiro atoms. The normalized spacial score (nSPS) is 17.8. The smallest absolute Gasteiger partial charge is 0.194 e.